The Morgan fingerprint density at radius 1 is 1.29 bits per heavy atom. The molecule has 0 saturated carbocycles. The van der Waals surface area contributed by atoms with Gasteiger partial charge in [-0.1, -0.05) is 40.9 Å². The summed E-state index contributed by atoms with van der Waals surface area (Å²) in [6.07, 6.45) is 2.70. The molecular formula is C13H15ClN2O. The van der Waals surface area contributed by atoms with Gasteiger partial charge in [0.2, 0.25) is 0 Å². The van der Waals surface area contributed by atoms with Crippen molar-refractivity contribution in [2.24, 2.45) is 0 Å². The second-order valence-corrected chi connectivity index (χ2v) is 4.75. The van der Waals surface area contributed by atoms with Gasteiger partial charge in [0.25, 0.3) is 0 Å². The van der Waals surface area contributed by atoms with E-state index in [1.165, 1.54) is 0 Å². The molecule has 1 N–H and O–H groups in total. The fourth-order valence-electron chi connectivity index (χ4n) is 1.92. The van der Waals surface area contributed by atoms with Crippen LogP contribution in [0.3, 0.4) is 0 Å². The lowest BCUT2D eigenvalue weighted by molar-refractivity contribution is 0.151. The average Bonchev–Trinajstić information content (AvgIpc) is 2.62. The summed E-state index contributed by atoms with van der Waals surface area (Å²) in [6.45, 7) is 4.46. The molecule has 1 heterocycles. The van der Waals surface area contributed by atoms with E-state index in [0.29, 0.717) is 11.6 Å². The highest BCUT2D eigenvalue weighted by Gasteiger charge is 2.10. The zero-order chi connectivity index (χ0) is 12.4. The van der Waals surface area contributed by atoms with Gasteiger partial charge < -0.3 is 5.11 Å². The van der Waals surface area contributed by atoms with Crippen molar-refractivity contribution in [3.63, 3.8) is 0 Å². The first-order valence-electron chi connectivity index (χ1n) is 5.49. The van der Waals surface area contributed by atoms with E-state index in [-0.39, 0.29) is 0 Å². The summed E-state index contributed by atoms with van der Waals surface area (Å²) in [6, 6.07) is 6.06. The fourth-order valence-corrected chi connectivity index (χ4v) is 2.08. The van der Waals surface area contributed by atoms with Gasteiger partial charge in [-0.2, -0.15) is 5.10 Å². The molecule has 3 nitrogen and oxygen atoms in total. The second kappa shape index (κ2) is 4.90. The Morgan fingerprint density at radius 2 is 1.94 bits per heavy atom. The number of aryl methyl sites for hydroxylation is 2. The van der Waals surface area contributed by atoms with Crippen molar-refractivity contribution in [1.29, 1.82) is 0 Å². The molecule has 0 spiro atoms. The largest absolute Gasteiger partial charge is 0.386 e. The van der Waals surface area contributed by atoms with E-state index >= 15 is 0 Å². The Balaban J connectivity index is 2.16. The Hall–Kier alpha value is -1.32. The van der Waals surface area contributed by atoms with Gasteiger partial charge in [-0.3, -0.25) is 4.68 Å². The van der Waals surface area contributed by atoms with Crippen molar-refractivity contribution in [2.45, 2.75) is 26.5 Å². The first-order chi connectivity index (χ1) is 8.04. The molecule has 0 bridgehead atoms. The molecule has 0 saturated heterocycles. The molecule has 1 unspecified atom stereocenters. The highest BCUT2D eigenvalue weighted by Crippen LogP contribution is 2.19. The van der Waals surface area contributed by atoms with E-state index in [1.807, 2.05) is 26.0 Å². The van der Waals surface area contributed by atoms with Crippen LogP contribution in [0, 0.1) is 13.8 Å². The number of aromatic nitrogens is 2. The van der Waals surface area contributed by atoms with Crippen LogP contribution in [0.25, 0.3) is 0 Å². The van der Waals surface area contributed by atoms with Gasteiger partial charge in [-0.15, -0.1) is 0 Å². The van der Waals surface area contributed by atoms with E-state index in [4.69, 9.17) is 11.6 Å². The van der Waals surface area contributed by atoms with E-state index < -0.39 is 6.10 Å². The third-order valence-electron chi connectivity index (χ3n) is 2.59. The number of hydrogen-bond donors (Lipinski definition) is 1. The zero-order valence-electron chi connectivity index (χ0n) is 9.89. The summed E-state index contributed by atoms with van der Waals surface area (Å²) >= 11 is 5.78. The standard InChI is InChI=1S/C13H15ClN2O/c1-9-3-10(2)5-11(4-9)13(17)8-16-7-12(14)6-15-16/h3-7,13,17H,8H2,1-2H3. The van der Waals surface area contributed by atoms with Crippen LogP contribution in [0.4, 0.5) is 0 Å². The monoisotopic (exact) mass is 250 g/mol. The number of aliphatic hydroxyl groups is 1. The lowest BCUT2D eigenvalue weighted by Gasteiger charge is -2.12. The minimum atomic E-state index is -0.565. The topological polar surface area (TPSA) is 38.0 Å². The Kier molecular flexibility index (Phi) is 3.50. The summed E-state index contributed by atoms with van der Waals surface area (Å²) < 4.78 is 1.64. The first-order valence-corrected chi connectivity index (χ1v) is 5.86. The normalized spacial score (nSPS) is 12.7. The van der Waals surface area contributed by atoms with Gasteiger partial charge in [0.05, 0.1) is 23.9 Å². The molecule has 1 atom stereocenters. The molecule has 90 valence electrons. The first kappa shape index (κ1) is 12.1. The maximum atomic E-state index is 10.1. The number of halogens is 1. The Bertz CT molecular complexity index is 502. The highest BCUT2D eigenvalue weighted by atomic mass is 35.5. The summed E-state index contributed by atoms with van der Waals surface area (Å²) in [4.78, 5) is 0. The summed E-state index contributed by atoms with van der Waals surface area (Å²) in [5, 5.41) is 14.8. The van der Waals surface area contributed by atoms with E-state index in [9.17, 15) is 5.11 Å². The molecule has 2 rings (SSSR count). The molecule has 17 heavy (non-hydrogen) atoms. The lowest BCUT2D eigenvalue weighted by atomic mass is 10.0. The molecule has 0 aliphatic heterocycles. The Labute approximate surface area is 106 Å². The van der Waals surface area contributed by atoms with Crippen LogP contribution in [-0.4, -0.2) is 14.9 Å². The Morgan fingerprint density at radius 3 is 2.47 bits per heavy atom. The minimum absolute atomic E-state index is 0.412. The number of benzene rings is 1. The quantitative estimate of drug-likeness (QED) is 0.910. The predicted octanol–water partition coefficient (Wildman–Crippen LogP) is 2.89. The number of hydrogen-bond acceptors (Lipinski definition) is 2. The van der Waals surface area contributed by atoms with Gasteiger partial charge in [-0.05, 0) is 19.4 Å². The summed E-state index contributed by atoms with van der Waals surface area (Å²) in [5.74, 6) is 0. The average molecular weight is 251 g/mol. The zero-order valence-corrected chi connectivity index (χ0v) is 10.6. The maximum absolute atomic E-state index is 10.1. The maximum Gasteiger partial charge on any atom is 0.0986 e. The predicted molar refractivity (Wildman–Crippen MR) is 68.1 cm³/mol. The van der Waals surface area contributed by atoms with Crippen molar-refractivity contribution < 1.29 is 5.11 Å². The van der Waals surface area contributed by atoms with Crippen LogP contribution in [0.2, 0.25) is 5.02 Å². The lowest BCUT2D eigenvalue weighted by Crippen LogP contribution is -2.09. The van der Waals surface area contributed by atoms with Crippen molar-refractivity contribution in [1.82, 2.24) is 9.78 Å². The van der Waals surface area contributed by atoms with Crippen LogP contribution in [-0.2, 0) is 6.54 Å². The van der Waals surface area contributed by atoms with Gasteiger partial charge in [0, 0.05) is 6.20 Å². The summed E-state index contributed by atoms with van der Waals surface area (Å²) in [7, 11) is 0. The molecule has 0 amide bonds. The third kappa shape index (κ3) is 3.08. The number of nitrogens with zero attached hydrogens (tertiary/aromatic N) is 2. The molecule has 1 aromatic carbocycles. The van der Waals surface area contributed by atoms with Gasteiger partial charge in [0.15, 0.2) is 0 Å². The molecule has 0 radical (unpaired) electrons. The molecular weight excluding hydrogens is 236 g/mol. The summed E-state index contributed by atoms with van der Waals surface area (Å²) in [5.41, 5.74) is 3.21. The van der Waals surface area contributed by atoms with Crippen molar-refractivity contribution in [3.05, 3.63) is 52.3 Å². The van der Waals surface area contributed by atoms with Crippen molar-refractivity contribution >= 4 is 11.6 Å². The highest BCUT2D eigenvalue weighted by molar-refractivity contribution is 6.30. The number of aliphatic hydroxyl groups excluding tert-OH is 1. The molecule has 4 heteroatoms. The minimum Gasteiger partial charge on any atom is -0.386 e. The van der Waals surface area contributed by atoms with Gasteiger partial charge in [-0.25, -0.2) is 0 Å². The molecule has 1 aromatic heterocycles. The smallest absolute Gasteiger partial charge is 0.0986 e. The van der Waals surface area contributed by atoms with E-state index in [1.54, 1.807) is 17.1 Å². The second-order valence-electron chi connectivity index (χ2n) is 4.32. The molecule has 0 fully saturated rings. The SMILES string of the molecule is Cc1cc(C)cc(C(O)Cn2cc(Cl)cn2)c1. The van der Waals surface area contributed by atoms with Crippen LogP contribution >= 0.6 is 11.6 Å². The fraction of sp³-hybridized carbons (Fsp3) is 0.308. The molecule has 2 aromatic rings. The van der Waals surface area contributed by atoms with Crippen molar-refractivity contribution in [2.75, 3.05) is 0 Å². The van der Waals surface area contributed by atoms with Crippen LogP contribution in [0.1, 0.15) is 22.8 Å². The van der Waals surface area contributed by atoms with Crippen molar-refractivity contribution in [3.8, 4) is 0 Å². The van der Waals surface area contributed by atoms with E-state index in [0.717, 1.165) is 16.7 Å². The van der Waals surface area contributed by atoms with E-state index in [2.05, 4.69) is 11.2 Å². The van der Waals surface area contributed by atoms with Crippen LogP contribution in [0.15, 0.2) is 30.6 Å². The molecule has 0 aliphatic rings. The van der Waals surface area contributed by atoms with Gasteiger partial charge in [0.1, 0.15) is 0 Å². The van der Waals surface area contributed by atoms with Gasteiger partial charge >= 0.3 is 0 Å². The molecule has 0 aliphatic carbocycles. The number of rotatable bonds is 3. The third-order valence-corrected chi connectivity index (χ3v) is 2.79. The van der Waals surface area contributed by atoms with Crippen LogP contribution < -0.4 is 0 Å². The van der Waals surface area contributed by atoms with Crippen LogP contribution in [0.5, 0.6) is 0 Å².